The maximum atomic E-state index is 13.2. The summed E-state index contributed by atoms with van der Waals surface area (Å²) in [4.78, 5) is 21.1. The molecule has 2 N–H and O–H groups in total. The molecular formula is C13H8ClFN2O4. The first-order valence-corrected chi connectivity index (χ1v) is 6.00. The number of benzene rings is 2. The molecule has 21 heavy (non-hydrogen) atoms. The van der Waals surface area contributed by atoms with E-state index in [0.717, 1.165) is 18.2 Å². The van der Waals surface area contributed by atoms with Crippen LogP contribution in [0.15, 0.2) is 36.4 Å². The standard InChI is InChI=1S/C13H8ClFN2O4/c14-9-3-2-8(15)6-11(9)16-10-4-1-7(13(18)19)5-12(10)17(20)21/h1-6,16H,(H,18,19). The van der Waals surface area contributed by atoms with Gasteiger partial charge in [-0.2, -0.15) is 0 Å². The van der Waals surface area contributed by atoms with Gasteiger partial charge in [0.15, 0.2) is 0 Å². The quantitative estimate of drug-likeness (QED) is 0.661. The number of carbonyl (C=O) groups is 1. The van der Waals surface area contributed by atoms with Gasteiger partial charge in [0.05, 0.1) is 21.2 Å². The fourth-order valence-corrected chi connectivity index (χ4v) is 1.82. The predicted molar refractivity (Wildman–Crippen MR) is 74.7 cm³/mol. The van der Waals surface area contributed by atoms with Gasteiger partial charge in [0.2, 0.25) is 0 Å². The van der Waals surface area contributed by atoms with Crippen molar-refractivity contribution in [2.75, 3.05) is 5.32 Å². The maximum absolute atomic E-state index is 13.2. The van der Waals surface area contributed by atoms with E-state index in [1.807, 2.05) is 0 Å². The highest BCUT2D eigenvalue weighted by molar-refractivity contribution is 6.33. The number of carboxylic acid groups (broad SMARTS) is 1. The summed E-state index contributed by atoms with van der Waals surface area (Å²) in [5.74, 6) is -1.85. The summed E-state index contributed by atoms with van der Waals surface area (Å²) in [7, 11) is 0. The lowest BCUT2D eigenvalue weighted by Gasteiger charge is -2.09. The number of hydrogen-bond donors (Lipinski definition) is 2. The highest BCUT2D eigenvalue weighted by Crippen LogP contribution is 2.32. The Bertz CT molecular complexity index is 736. The zero-order valence-corrected chi connectivity index (χ0v) is 11.1. The molecule has 8 heteroatoms. The molecule has 2 aromatic rings. The van der Waals surface area contributed by atoms with Gasteiger partial charge in [-0.15, -0.1) is 0 Å². The number of hydrogen-bond acceptors (Lipinski definition) is 4. The van der Waals surface area contributed by atoms with Crippen LogP contribution in [0.3, 0.4) is 0 Å². The molecule has 2 aromatic carbocycles. The van der Waals surface area contributed by atoms with Gasteiger partial charge in [-0.05, 0) is 30.3 Å². The summed E-state index contributed by atoms with van der Waals surface area (Å²) in [5, 5.41) is 22.6. The minimum atomic E-state index is -1.28. The molecule has 0 aromatic heterocycles. The van der Waals surface area contributed by atoms with Crippen LogP contribution in [0.4, 0.5) is 21.5 Å². The van der Waals surface area contributed by atoms with Crippen LogP contribution in [0.2, 0.25) is 5.02 Å². The van der Waals surface area contributed by atoms with Crippen molar-refractivity contribution in [3.05, 3.63) is 62.9 Å². The first-order chi connectivity index (χ1) is 9.88. The summed E-state index contributed by atoms with van der Waals surface area (Å²) < 4.78 is 13.2. The fraction of sp³-hybridized carbons (Fsp3) is 0. The monoisotopic (exact) mass is 310 g/mol. The Morgan fingerprint density at radius 1 is 1.24 bits per heavy atom. The van der Waals surface area contributed by atoms with Gasteiger partial charge in [0.1, 0.15) is 11.5 Å². The average molecular weight is 311 g/mol. The molecule has 0 heterocycles. The van der Waals surface area contributed by atoms with Gasteiger partial charge in [-0.3, -0.25) is 10.1 Å². The topological polar surface area (TPSA) is 92.5 Å². The summed E-state index contributed by atoms with van der Waals surface area (Å²) in [6, 6.07) is 6.87. The summed E-state index contributed by atoms with van der Waals surface area (Å²) in [6.07, 6.45) is 0. The van der Waals surface area contributed by atoms with E-state index in [-0.39, 0.29) is 22.0 Å². The summed E-state index contributed by atoms with van der Waals surface area (Å²) in [5.41, 5.74) is -0.520. The lowest BCUT2D eigenvalue weighted by atomic mass is 10.1. The Kier molecular flexibility index (Phi) is 4.04. The molecule has 0 spiro atoms. The first-order valence-electron chi connectivity index (χ1n) is 5.62. The largest absolute Gasteiger partial charge is 0.478 e. The summed E-state index contributed by atoms with van der Waals surface area (Å²) >= 11 is 5.87. The van der Waals surface area contributed by atoms with E-state index in [2.05, 4.69) is 5.32 Å². The van der Waals surface area contributed by atoms with Gasteiger partial charge >= 0.3 is 5.97 Å². The van der Waals surface area contributed by atoms with Crippen LogP contribution in [0.5, 0.6) is 0 Å². The smallest absolute Gasteiger partial charge is 0.335 e. The van der Waals surface area contributed by atoms with E-state index in [1.165, 1.54) is 18.2 Å². The Morgan fingerprint density at radius 2 is 1.95 bits per heavy atom. The number of anilines is 2. The molecule has 0 unspecified atom stereocenters. The lowest BCUT2D eigenvalue weighted by Crippen LogP contribution is -2.02. The second-order valence-electron chi connectivity index (χ2n) is 4.04. The van der Waals surface area contributed by atoms with Crippen molar-refractivity contribution >= 4 is 34.6 Å². The predicted octanol–water partition coefficient (Wildman–Crippen LogP) is 3.83. The van der Waals surface area contributed by atoms with Crippen molar-refractivity contribution in [2.24, 2.45) is 0 Å². The molecule has 6 nitrogen and oxygen atoms in total. The van der Waals surface area contributed by atoms with E-state index in [9.17, 15) is 19.3 Å². The second kappa shape index (κ2) is 5.76. The van der Waals surface area contributed by atoms with E-state index in [0.29, 0.717) is 0 Å². The van der Waals surface area contributed by atoms with Crippen LogP contribution < -0.4 is 5.32 Å². The molecule has 0 saturated carbocycles. The number of nitro benzene ring substituents is 1. The first kappa shape index (κ1) is 14.7. The van der Waals surface area contributed by atoms with Crippen LogP contribution in [0, 0.1) is 15.9 Å². The maximum Gasteiger partial charge on any atom is 0.335 e. The number of rotatable bonds is 4. The van der Waals surface area contributed by atoms with E-state index in [1.54, 1.807) is 0 Å². The molecule has 0 fully saturated rings. The molecule has 108 valence electrons. The zero-order chi connectivity index (χ0) is 15.6. The minimum absolute atomic E-state index is 0.0116. The summed E-state index contributed by atoms with van der Waals surface area (Å²) in [6.45, 7) is 0. The van der Waals surface area contributed by atoms with Gasteiger partial charge < -0.3 is 10.4 Å². The normalized spacial score (nSPS) is 10.2. The van der Waals surface area contributed by atoms with Crippen LogP contribution in [-0.2, 0) is 0 Å². The lowest BCUT2D eigenvalue weighted by molar-refractivity contribution is -0.383. The second-order valence-corrected chi connectivity index (χ2v) is 4.45. The SMILES string of the molecule is O=C(O)c1ccc(Nc2cc(F)ccc2Cl)c([N+](=O)[O-])c1. The molecule has 0 saturated heterocycles. The van der Waals surface area contributed by atoms with Crippen LogP contribution in [0.25, 0.3) is 0 Å². The number of carboxylic acids is 1. The molecule has 0 amide bonds. The zero-order valence-electron chi connectivity index (χ0n) is 10.3. The molecule has 0 bridgehead atoms. The van der Waals surface area contributed by atoms with Gasteiger partial charge in [0.25, 0.3) is 5.69 Å². The molecule has 0 atom stereocenters. The molecule has 0 aliphatic heterocycles. The number of halogens is 2. The van der Waals surface area contributed by atoms with Crippen molar-refractivity contribution < 1.29 is 19.2 Å². The highest BCUT2D eigenvalue weighted by Gasteiger charge is 2.18. The van der Waals surface area contributed by atoms with E-state index in [4.69, 9.17) is 16.7 Å². The highest BCUT2D eigenvalue weighted by atomic mass is 35.5. The van der Waals surface area contributed by atoms with Crippen molar-refractivity contribution in [3.8, 4) is 0 Å². The Balaban J connectivity index is 2.46. The van der Waals surface area contributed by atoms with Crippen LogP contribution in [-0.4, -0.2) is 16.0 Å². The number of aromatic carboxylic acids is 1. The molecule has 0 aliphatic carbocycles. The third kappa shape index (κ3) is 3.26. The Morgan fingerprint density at radius 3 is 2.57 bits per heavy atom. The minimum Gasteiger partial charge on any atom is -0.478 e. The number of nitrogens with one attached hydrogen (secondary N) is 1. The number of nitrogens with zero attached hydrogens (tertiary/aromatic N) is 1. The van der Waals surface area contributed by atoms with Crippen molar-refractivity contribution in [2.45, 2.75) is 0 Å². The molecule has 2 rings (SSSR count). The van der Waals surface area contributed by atoms with E-state index < -0.39 is 22.4 Å². The molecule has 0 aliphatic rings. The molecular weight excluding hydrogens is 303 g/mol. The Hall–Kier alpha value is -2.67. The third-order valence-corrected chi connectivity index (χ3v) is 2.97. The molecule has 0 radical (unpaired) electrons. The van der Waals surface area contributed by atoms with Crippen molar-refractivity contribution in [1.29, 1.82) is 0 Å². The van der Waals surface area contributed by atoms with Crippen molar-refractivity contribution in [1.82, 2.24) is 0 Å². The van der Waals surface area contributed by atoms with Gasteiger partial charge in [-0.1, -0.05) is 11.6 Å². The number of nitro groups is 1. The van der Waals surface area contributed by atoms with Crippen LogP contribution in [0.1, 0.15) is 10.4 Å². The third-order valence-electron chi connectivity index (χ3n) is 2.64. The fourth-order valence-electron chi connectivity index (χ4n) is 1.66. The Labute approximate surface area is 122 Å². The van der Waals surface area contributed by atoms with Gasteiger partial charge in [0, 0.05) is 6.07 Å². The van der Waals surface area contributed by atoms with E-state index >= 15 is 0 Å². The van der Waals surface area contributed by atoms with Gasteiger partial charge in [-0.25, -0.2) is 9.18 Å². The van der Waals surface area contributed by atoms with Crippen molar-refractivity contribution in [3.63, 3.8) is 0 Å². The van der Waals surface area contributed by atoms with Crippen LogP contribution >= 0.6 is 11.6 Å². The average Bonchev–Trinajstić information content (AvgIpc) is 2.42.